The molecule has 0 unspecified atom stereocenters. The van der Waals surface area contributed by atoms with Gasteiger partial charge in [-0.3, -0.25) is 9.59 Å². The Labute approximate surface area is 194 Å². The molecule has 2 rings (SSSR count). The van der Waals surface area contributed by atoms with Crippen LogP contribution in [0.15, 0.2) is 53.0 Å². The van der Waals surface area contributed by atoms with E-state index in [0.717, 1.165) is 10.0 Å². The highest BCUT2D eigenvalue weighted by Crippen LogP contribution is 2.29. The molecule has 0 saturated heterocycles. The first-order valence-corrected chi connectivity index (χ1v) is 11.7. The lowest BCUT2D eigenvalue weighted by Gasteiger charge is -2.30. The number of benzene rings is 2. The molecule has 5 nitrogen and oxygen atoms in total. The highest BCUT2D eigenvalue weighted by Gasteiger charge is 2.28. The highest BCUT2D eigenvalue weighted by atomic mass is 79.9. The van der Waals surface area contributed by atoms with Gasteiger partial charge in [-0.25, -0.2) is 0 Å². The molecule has 2 aromatic carbocycles. The Morgan fingerprint density at radius 2 is 1.81 bits per heavy atom. The smallest absolute Gasteiger partial charge is 0.261 e. The summed E-state index contributed by atoms with van der Waals surface area (Å²) in [5, 5.41) is 2.85. The standard InChI is InChI=1S/C25H33BrN2O3/c1-5-22(25(30)27-6-2)28(15-14-19-10-8-7-9-11-19)24(29)17-31-23-13-12-20(18(3)4)16-21(23)26/h7-13,16,18,22H,5-6,14-15,17H2,1-4H3,(H,27,30)/t22-/m1/s1. The Bertz CT molecular complexity index is 855. The van der Waals surface area contributed by atoms with Crippen molar-refractivity contribution in [2.45, 2.75) is 52.5 Å². The first-order valence-electron chi connectivity index (χ1n) is 10.9. The number of rotatable bonds is 11. The normalized spacial score (nSPS) is 11.8. The lowest BCUT2D eigenvalue weighted by Crippen LogP contribution is -2.51. The maximum absolute atomic E-state index is 13.1. The minimum atomic E-state index is -0.522. The van der Waals surface area contributed by atoms with Gasteiger partial charge in [0, 0.05) is 13.1 Å². The first-order chi connectivity index (χ1) is 14.9. The zero-order chi connectivity index (χ0) is 22.8. The Balaban J connectivity index is 2.13. The van der Waals surface area contributed by atoms with Crippen molar-refractivity contribution in [1.29, 1.82) is 0 Å². The number of nitrogens with zero attached hydrogens (tertiary/aromatic N) is 1. The van der Waals surface area contributed by atoms with Crippen LogP contribution in [0.1, 0.15) is 51.2 Å². The molecule has 6 heteroatoms. The zero-order valence-corrected chi connectivity index (χ0v) is 20.4. The number of amides is 2. The van der Waals surface area contributed by atoms with Crippen molar-refractivity contribution in [3.05, 3.63) is 64.1 Å². The van der Waals surface area contributed by atoms with Gasteiger partial charge in [-0.2, -0.15) is 0 Å². The van der Waals surface area contributed by atoms with Crippen LogP contribution in [-0.2, 0) is 16.0 Å². The second-order valence-corrected chi connectivity index (χ2v) is 8.63. The van der Waals surface area contributed by atoms with Crippen LogP contribution in [0.5, 0.6) is 5.75 Å². The second-order valence-electron chi connectivity index (χ2n) is 7.77. The Morgan fingerprint density at radius 1 is 1.10 bits per heavy atom. The average molecular weight is 489 g/mol. The molecule has 31 heavy (non-hydrogen) atoms. The van der Waals surface area contributed by atoms with Crippen molar-refractivity contribution in [1.82, 2.24) is 10.2 Å². The summed E-state index contributed by atoms with van der Waals surface area (Å²) in [5.74, 6) is 0.692. The zero-order valence-electron chi connectivity index (χ0n) is 18.9. The van der Waals surface area contributed by atoms with E-state index in [2.05, 4.69) is 35.1 Å². The van der Waals surface area contributed by atoms with Gasteiger partial charge in [-0.05, 0) is 64.9 Å². The van der Waals surface area contributed by atoms with Crippen LogP contribution in [0, 0.1) is 0 Å². The van der Waals surface area contributed by atoms with Crippen LogP contribution in [0.2, 0.25) is 0 Å². The molecule has 0 fully saturated rings. The van der Waals surface area contributed by atoms with Gasteiger partial charge in [-0.15, -0.1) is 0 Å². The van der Waals surface area contributed by atoms with Gasteiger partial charge in [0.25, 0.3) is 5.91 Å². The number of ether oxygens (including phenoxy) is 1. The Morgan fingerprint density at radius 3 is 2.39 bits per heavy atom. The predicted molar refractivity (Wildman–Crippen MR) is 128 cm³/mol. The number of hydrogen-bond acceptors (Lipinski definition) is 3. The Kier molecular flexibility index (Phi) is 10.0. The second kappa shape index (κ2) is 12.5. The summed E-state index contributed by atoms with van der Waals surface area (Å²) < 4.78 is 6.65. The third-order valence-electron chi connectivity index (χ3n) is 5.19. The van der Waals surface area contributed by atoms with E-state index in [0.29, 0.717) is 37.6 Å². The van der Waals surface area contributed by atoms with Gasteiger partial charge < -0.3 is 15.0 Å². The van der Waals surface area contributed by atoms with Crippen molar-refractivity contribution < 1.29 is 14.3 Å². The average Bonchev–Trinajstić information content (AvgIpc) is 2.76. The topological polar surface area (TPSA) is 58.6 Å². The minimum absolute atomic E-state index is 0.121. The van der Waals surface area contributed by atoms with Gasteiger partial charge in [0.15, 0.2) is 6.61 Å². The van der Waals surface area contributed by atoms with Gasteiger partial charge >= 0.3 is 0 Å². The highest BCUT2D eigenvalue weighted by molar-refractivity contribution is 9.10. The molecule has 2 aromatic rings. The van der Waals surface area contributed by atoms with Crippen LogP contribution in [-0.4, -0.2) is 42.5 Å². The van der Waals surface area contributed by atoms with E-state index < -0.39 is 6.04 Å². The van der Waals surface area contributed by atoms with Crippen LogP contribution in [0.4, 0.5) is 0 Å². The van der Waals surface area contributed by atoms with E-state index in [4.69, 9.17) is 4.74 Å². The summed E-state index contributed by atoms with van der Waals surface area (Å²) in [6.45, 7) is 8.92. The minimum Gasteiger partial charge on any atom is -0.483 e. The van der Waals surface area contributed by atoms with Crippen LogP contribution < -0.4 is 10.1 Å². The predicted octanol–water partition coefficient (Wildman–Crippen LogP) is 4.94. The van der Waals surface area contributed by atoms with Crippen molar-refractivity contribution in [3.63, 3.8) is 0 Å². The number of likely N-dealkylation sites (N-methyl/N-ethyl adjacent to an activating group) is 1. The first kappa shape index (κ1) is 24.9. The quantitative estimate of drug-likeness (QED) is 0.487. The van der Waals surface area contributed by atoms with E-state index in [1.165, 1.54) is 5.56 Å². The fourth-order valence-corrected chi connectivity index (χ4v) is 3.91. The Hall–Kier alpha value is -2.34. The molecule has 0 radical (unpaired) electrons. The molecular weight excluding hydrogens is 456 g/mol. The maximum atomic E-state index is 13.1. The van der Waals surface area contributed by atoms with E-state index in [1.807, 2.05) is 62.4 Å². The van der Waals surface area contributed by atoms with Gasteiger partial charge in [0.1, 0.15) is 11.8 Å². The molecule has 2 amide bonds. The number of carbonyl (C=O) groups is 2. The number of nitrogens with one attached hydrogen (secondary N) is 1. The molecule has 0 aromatic heterocycles. The van der Waals surface area contributed by atoms with Gasteiger partial charge in [0.2, 0.25) is 5.91 Å². The third-order valence-corrected chi connectivity index (χ3v) is 5.81. The molecule has 0 aliphatic rings. The van der Waals surface area contributed by atoms with E-state index in [1.54, 1.807) is 4.90 Å². The number of halogens is 1. The molecule has 0 aliphatic heterocycles. The van der Waals surface area contributed by atoms with E-state index in [-0.39, 0.29) is 18.4 Å². The van der Waals surface area contributed by atoms with Crippen LogP contribution in [0.25, 0.3) is 0 Å². The largest absolute Gasteiger partial charge is 0.483 e. The lowest BCUT2D eigenvalue weighted by atomic mass is 10.0. The monoisotopic (exact) mass is 488 g/mol. The van der Waals surface area contributed by atoms with Crippen LogP contribution >= 0.6 is 15.9 Å². The summed E-state index contributed by atoms with van der Waals surface area (Å²) >= 11 is 3.54. The fraction of sp³-hybridized carbons (Fsp3) is 0.440. The molecular formula is C25H33BrN2O3. The number of carbonyl (C=O) groups excluding carboxylic acids is 2. The van der Waals surface area contributed by atoms with Gasteiger partial charge in [0.05, 0.1) is 4.47 Å². The van der Waals surface area contributed by atoms with Crippen molar-refractivity contribution in [3.8, 4) is 5.75 Å². The molecule has 0 bridgehead atoms. The fourth-order valence-electron chi connectivity index (χ4n) is 3.40. The summed E-state index contributed by atoms with van der Waals surface area (Å²) in [6.07, 6.45) is 1.22. The van der Waals surface area contributed by atoms with E-state index >= 15 is 0 Å². The van der Waals surface area contributed by atoms with Gasteiger partial charge in [-0.1, -0.05) is 57.2 Å². The summed E-state index contributed by atoms with van der Waals surface area (Å²) in [7, 11) is 0. The van der Waals surface area contributed by atoms with E-state index in [9.17, 15) is 9.59 Å². The molecule has 0 heterocycles. The molecule has 0 spiro atoms. The molecule has 1 atom stereocenters. The summed E-state index contributed by atoms with van der Waals surface area (Å²) in [5.41, 5.74) is 2.32. The molecule has 0 aliphatic carbocycles. The molecule has 0 saturated carbocycles. The van der Waals surface area contributed by atoms with Crippen molar-refractivity contribution in [2.24, 2.45) is 0 Å². The SMILES string of the molecule is CCNC(=O)[C@@H](CC)N(CCc1ccccc1)C(=O)COc1ccc(C(C)C)cc1Br. The summed E-state index contributed by atoms with van der Waals surface area (Å²) in [6, 6.07) is 15.3. The summed E-state index contributed by atoms with van der Waals surface area (Å²) in [4.78, 5) is 27.4. The van der Waals surface area contributed by atoms with Crippen LogP contribution in [0.3, 0.4) is 0 Å². The molecule has 1 N–H and O–H groups in total. The maximum Gasteiger partial charge on any atom is 0.261 e. The lowest BCUT2D eigenvalue weighted by molar-refractivity contribution is -0.142. The van der Waals surface area contributed by atoms with Crippen molar-refractivity contribution >= 4 is 27.7 Å². The number of hydrogen-bond donors (Lipinski definition) is 1. The van der Waals surface area contributed by atoms with Crippen molar-refractivity contribution in [2.75, 3.05) is 19.7 Å². The third kappa shape index (κ3) is 7.39. The molecule has 168 valence electrons.